The van der Waals surface area contributed by atoms with Crippen molar-refractivity contribution in [3.8, 4) is 11.5 Å². The molecule has 0 saturated carbocycles. The van der Waals surface area contributed by atoms with E-state index in [2.05, 4.69) is 0 Å². The maximum absolute atomic E-state index is 14.7. The minimum Gasteiger partial charge on any atom is -0.495 e. The van der Waals surface area contributed by atoms with Crippen LogP contribution in [0.1, 0.15) is 0 Å². The smallest absolute Gasteiger partial charge is 0.300 e. The molecule has 21 rings (SSSR count). The van der Waals surface area contributed by atoms with E-state index in [1.165, 1.54) is 85.3 Å². The van der Waals surface area contributed by atoms with Gasteiger partial charge in [-0.1, -0.05) is 0 Å². The topological polar surface area (TPSA) is 408 Å². The highest BCUT2D eigenvalue weighted by atomic mass is 32.2. The average Bonchev–Trinajstić information content (AvgIpc) is 0.928. The van der Waals surface area contributed by atoms with Gasteiger partial charge in [0, 0.05) is 91.4 Å². The van der Waals surface area contributed by atoms with Gasteiger partial charge in [-0.05, 0) is 6.07 Å². The summed E-state index contributed by atoms with van der Waals surface area (Å²) in [5.41, 5.74) is 0. The van der Waals surface area contributed by atoms with Crippen LogP contribution in [0.25, 0.3) is 0 Å². The van der Waals surface area contributed by atoms with Crippen LogP contribution in [0, 0.1) is 0 Å². The number of hydrogen-bond acceptors (Lipinski definition) is 36. The zero-order valence-electron chi connectivity index (χ0n) is 54.4. The van der Waals surface area contributed by atoms with Gasteiger partial charge < -0.3 is 144 Å². The van der Waals surface area contributed by atoms with Gasteiger partial charge in [-0.3, -0.25) is 8.37 Å². The summed E-state index contributed by atoms with van der Waals surface area (Å²) >= 11 is 0. The summed E-state index contributed by atoms with van der Waals surface area (Å²) in [6, 6.07) is 1.73. The zero-order chi connectivity index (χ0) is 68.1. The largest absolute Gasteiger partial charge is 0.495 e. The fraction of sp³-hybridized carbons (Fsp3) is 0.893. The van der Waals surface area contributed by atoms with Crippen LogP contribution in [0.3, 0.4) is 0 Å². The van der Waals surface area contributed by atoms with Crippen molar-refractivity contribution in [2.24, 2.45) is 0 Å². The fourth-order valence-electron chi connectivity index (χ4n) is 13.5. The SMILES string of the molecule is COc1cc(OC)c2cc1S(=O)(=O)OC[C@H]1O[C@@H]3O[C@H]4[C@H](OC)[C@@H](OC)[C@@H](O[C@H]5[C@@H](OC)[C@@H](OC)[C@@H](O[C@H]6[C@H](OC)[C@@H](OC)[C@@H](O[C@H]7[C@H](OC)[C@@H](OC)[C@@H](O[C@H]8[C@@H](OC)[C@@H](OC)[C@H](O[C@@H]1[C@H](OC)[C@@H]3OC)O[C@@H]8COS2(=O)=O)O[C@@H]7CO)O[C@H]6CO)O[C@@H]5CO)O[C@@H]4CO. The molecule has 94 heavy (non-hydrogen) atoms. The lowest BCUT2D eigenvalue weighted by atomic mass is 9.94. The molecule has 19 fully saturated rings. The second-order valence-corrected chi connectivity index (χ2v) is 25.8. The summed E-state index contributed by atoms with van der Waals surface area (Å²) in [5, 5.41) is 44.7. The van der Waals surface area contributed by atoms with Gasteiger partial charge in [-0.15, -0.1) is 0 Å². The van der Waals surface area contributed by atoms with Gasteiger partial charge in [0.25, 0.3) is 0 Å². The highest BCUT2D eigenvalue weighted by Crippen LogP contribution is 2.44. The molecule has 20 aliphatic heterocycles. The molecular formula is C56H90O36S2. The van der Waals surface area contributed by atoms with E-state index in [9.17, 15) is 37.3 Å². The van der Waals surface area contributed by atoms with Crippen molar-refractivity contribution in [1.82, 2.24) is 0 Å². The van der Waals surface area contributed by atoms with E-state index in [1.54, 1.807) is 0 Å². The third-order valence-corrected chi connectivity index (χ3v) is 20.7. The molecular weight excluding hydrogens is 1310 g/mol. The summed E-state index contributed by atoms with van der Waals surface area (Å²) in [6.07, 6.45) is -41.6. The first-order chi connectivity index (χ1) is 45.3. The van der Waals surface area contributed by atoms with Gasteiger partial charge in [0.05, 0.1) is 53.9 Å². The summed E-state index contributed by atoms with van der Waals surface area (Å²) in [7, 11) is 7.90. The van der Waals surface area contributed by atoms with E-state index in [4.69, 9.17) is 132 Å². The molecule has 20 heterocycles. The van der Waals surface area contributed by atoms with Crippen LogP contribution in [0.2, 0.25) is 0 Å². The molecule has 36 nitrogen and oxygen atoms in total. The molecule has 0 unspecified atom stereocenters. The molecule has 38 heteroatoms. The average molecular weight is 1400 g/mol. The second-order valence-electron chi connectivity index (χ2n) is 22.6. The Morgan fingerprint density at radius 1 is 0.309 bits per heavy atom. The van der Waals surface area contributed by atoms with E-state index >= 15 is 0 Å². The Morgan fingerprint density at radius 3 is 0.734 bits per heavy atom. The van der Waals surface area contributed by atoms with Crippen LogP contribution < -0.4 is 9.47 Å². The van der Waals surface area contributed by atoms with Gasteiger partial charge in [0.1, 0.15) is 168 Å². The molecule has 16 bridgehead atoms. The maximum Gasteiger partial charge on any atom is 0.300 e. The highest BCUT2D eigenvalue weighted by Gasteiger charge is 2.61. The van der Waals surface area contributed by atoms with Crippen LogP contribution in [0.15, 0.2) is 21.9 Å². The molecule has 0 spiro atoms. The Hall–Kier alpha value is -2.48. The molecule has 1 aromatic rings. The molecule has 542 valence electrons. The van der Waals surface area contributed by atoms with Gasteiger partial charge in [0.15, 0.2) is 37.7 Å². The van der Waals surface area contributed by atoms with Crippen molar-refractivity contribution in [3.05, 3.63) is 12.1 Å². The number of methoxy groups -OCH3 is 14. The van der Waals surface area contributed by atoms with Crippen molar-refractivity contribution in [3.63, 3.8) is 0 Å². The van der Waals surface area contributed by atoms with Gasteiger partial charge in [-0.25, -0.2) is 0 Å². The first-order valence-electron chi connectivity index (χ1n) is 30.0. The molecule has 0 amide bonds. The fourth-order valence-corrected chi connectivity index (χ4v) is 15.7. The Bertz CT molecular complexity index is 2750. The molecule has 30 atom stereocenters. The van der Waals surface area contributed by atoms with Crippen LogP contribution in [-0.2, 0) is 142 Å². The van der Waals surface area contributed by atoms with Crippen LogP contribution in [-0.4, -0.2) is 361 Å². The van der Waals surface area contributed by atoms with Crippen LogP contribution in [0.4, 0.5) is 0 Å². The van der Waals surface area contributed by atoms with Crippen molar-refractivity contribution >= 4 is 20.2 Å². The summed E-state index contributed by atoms with van der Waals surface area (Å²) in [5.74, 6) is -0.823. The number of aliphatic hydroxyl groups is 4. The van der Waals surface area contributed by atoms with E-state index in [1.807, 2.05) is 0 Å². The summed E-state index contributed by atoms with van der Waals surface area (Å²) in [4.78, 5) is -1.59. The van der Waals surface area contributed by atoms with E-state index in [0.717, 1.165) is 26.4 Å². The normalized spacial score (nSPS) is 44.4. The number of benzene rings is 1. The monoisotopic (exact) mass is 1400 g/mol. The lowest BCUT2D eigenvalue weighted by molar-refractivity contribution is -0.409. The third kappa shape index (κ3) is 14.8. The first kappa shape index (κ1) is 75.7. The minimum absolute atomic E-state index is 0.411. The van der Waals surface area contributed by atoms with Gasteiger partial charge >= 0.3 is 20.2 Å². The van der Waals surface area contributed by atoms with Crippen molar-refractivity contribution < 1.29 is 169 Å². The first-order valence-corrected chi connectivity index (χ1v) is 32.8. The molecule has 20 aliphatic rings. The van der Waals surface area contributed by atoms with Crippen LogP contribution in [0.5, 0.6) is 11.5 Å². The predicted molar refractivity (Wildman–Crippen MR) is 305 cm³/mol. The Morgan fingerprint density at radius 2 is 0.521 bits per heavy atom. The Kier molecular flexibility index (Phi) is 26.8. The lowest BCUT2D eigenvalue weighted by Crippen LogP contribution is -2.70. The number of fused-ring (bicyclic) bond motifs is 2. The maximum atomic E-state index is 14.7. The number of ether oxygens (including phenoxy) is 26. The van der Waals surface area contributed by atoms with E-state index in [0.29, 0.717) is 0 Å². The van der Waals surface area contributed by atoms with Crippen LogP contribution >= 0.6 is 0 Å². The van der Waals surface area contributed by atoms with Crippen molar-refractivity contribution in [2.75, 3.05) is 139 Å². The van der Waals surface area contributed by atoms with Gasteiger partial charge in [0.2, 0.25) is 0 Å². The van der Waals surface area contributed by atoms with Gasteiger partial charge in [-0.2, -0.15) is 16.8 Å². The lowest BCUT2D eigenvalue weighted by Gasteiger charge is -2.53. The molecule has 0 aromatic heterocycles. The number of rotatable bonds is 18. The number of aliphatic hydroxyl groups excluding tert-OH is 4. The molecule has 4 N–H and O–H groups in total. The summed E-state index contributed by atoms with van der Waals surface area (Å²) in [6.45, 7) is -4.90. The number of hydrogen-bond donors (Lipinski definition) is 4. The minimum atomic E-state index is -5.11. The second kappa shape index (κ2) is 33.3. The Labute approximate surface area is 544 Å². The molecule has 0 aliphatic carbocycles. The van der Waals surface area contributed by atoms with Crippen molar-refractivity contribution in [1.29, 1.82) is 0 Å². The standard InChI is InChI=1S/C56H90O36S2/c1-65-23-15-24(66-2)32-16-31(23)93(61,62)79-21-29-37-43(71-7)50(78-14)56(86-29)92-38-30(22-80-94(32,63)64)85-55(49(77-13)44(38)72-8)90-36-28(20-60)83-53(47(75-11)42(36)70-6)88-34-26(18-58)81-51(45(73-9)40(34)68-4)87-33-25(17-57)82-52(46(74-10)39(33)67-3)89-35-27(19-59)84-54(91-37)48(76-12)41(35)69-5/h15-16,25-30,33-60H,17-22H2,1-14H3/t25-,26+,27+,28+,29+,30+,33+,34+,35+,36+,37+,38-,39-,40+,41-,42-,43+,44-,45+,46+,47+,48+,49-,50+,51+,52+,53+,54+,55+,56-/m0/s1. The third-order valence-electron chi connectivity index (χ3n) is 18.0. The molecule has 0 radical (unpaired) electrons. The molecule has 1 aromatic carbocycles. The highest BCUT2D eigenvalue weighted by molar-refractivity contribution is 7.87. The predicted octanol–water partition coefficient (Wildman–Crippen LogP) is -4.05. The summed E-state index contributed by atoms with van der Waals surface area (Å²) < 4.78 is 234. The zero-order valence-corrected chi connectivity index (χ0v) is 56.0. The van der Waals surface area contributed by atoms with E-state index < -0.39 is 265 Å². The Balaban J connectivity index is 1.21. The quantitative estimate of drug-likeness (QED) is 0.102. The van der Waals surface area contributed by atoms with Crippen molar-refractivity contribution in [2.45, 2.75) is 194 Å². The van der Waals surface area contributed by atoms with E-state index in [-0.39, 0.29) is 0 Å². The molecule has 19 saturated heterocycles.